The van der Waals surface area contributed by atoms with Crippen molar-refractivity contribution >= 4 is 65.6 Å². The van der Waals surface area contributed by atoms with E-state index in [1.165, 1.54) is 24.9 Å². The Morgan fingerprint density at radius 1 is 0.774 bits per heavy atom. The summed E-state index contributed by atoms with van der Waals surface area (Å²) in [5.41, 5.74) is 2.63. The fourth-order valence-electron chi connectivity index (χ4n) is 4.16. The van der Waals surface area contributed by atoms with E-state index in [9.17, 15) is 0 Å². The van der Waals surface area contributed by atoms with Crippen LogP contribution in [0.4, 0.5) is 0 Å². The van der Waals surface area contributed by atoms with E-state index in [1.54, 1.807) is 22.7 Å². The van der Waals surface area contributed by atoms with E-state index in [1.807, 2.05) is 6.07 Å². The molecule has 31 heavy (non-hydrogen) atoms. The van der Waals surface area contributed by atoms with Gasteiger partial charge < -0.3 is 9.31 Å². The Morgan fingerprint density at radius 2 is 1.48 bits per heavy atom. The van der Waals surface area contributed by atoms with E-state index in [0.717, 1.165) is 21.6 Å². The van der Waals surface area contributed by atoms with Crippen LogP contribution >= 0.6 is 22.7 Å². The summed E-state index contributed by atoms with van der Waals surface area (Å²) in [6.07, 6.45) is 0. The van der Waals surface area contributed by atoms with Crippen LogP contribution in [0.3, 0.4) is 0 Å². The Bertz CT molecular complexity index is 1440. The molecule has 154 valence electrons. The quantitative estimate of drug-likeness (QED) is 0.287. The lowest BCUT2D eigenvalue weighted by molar-refractivity contribution is 0.00578. The Labute approximate surface area is 189 Å². The average molecular weight is 443 g/mol. The highest BCUT2D eigenvalue weighted by atomic mass is 32.1. The molecule has 3 heterocycles. The van der Waals surface area contributed by atoms with Crippen LogP contribution < -0.4 is 5.46 Å². The maximum Gasteiger partial charge on any atom is 0.496 e. The number of thiophene rings is 1. The molecule has 0 saturated carbocycles. The molecule has 1 saturated heterocycles. The third kappa shape index (κ3) is 2.89. The SMILES string of the molecule is CC1(C)OB(c2cccc3c2sc2ccc4sc(-c5ccccc5)nc4c23)OC1(C)C. The van der Waals surface area contributed by atoms with Crippen molar-refractivity contribution in [3.63, 3.8) is 0 Å². The number of hydrogen-bond acceptors (Lipinski definition) is 5. The fraction of sp³-hybridized carbons (Fsp3) is 0.240. The van der Waals surface area contributed by atoms with Gasteiger partial charge in [-0.25, -0.2) is 4.98 Å². The van der Waals surface area contributed by atoms with Gasteiger partial charge in [-0.15, -0.1) is 22.7 Å². The Hall–Kier alpha value is -2.25. The third-order valence-electron chi connectivity index (χ3n) is 6.58. The van der Waals surface area contributed by atoms with E-state index < -0.39 is 0 Å². The molecule has 0 spiro atoms. The van der Waals surface area contributed by atoms with Crippen LogP contribution in [-0.2, 0) is 9.31 Å². The van der Waals surface area contributed by atoms with Gasteiger partial charge in [0, 0.05) is 31.2 Å². The lowest BCUT2D eigenvalue weighted by atomic mass is 9.78. The van der Waals surface area contributed by atoms with E-state index in [0.29, 0.717) is 0 Å². The van der Waals surface area contributed by atoms with Crippen molar-refractivity contribution in [2.24, 2.45) is 0 Å². The molecule has 1 fully saturated rings. The molecule has 0 N–H and O–H groups in total. The van der Waals surface area contributed by atoms with Gasteiger partial charge in [-0.2, -0.15) is 0 Å². The zero-order valence-corrected chi connectivity index (χ0v) is 19.6. The molecule has 2 aromatic heterocycles. The molecule has 1 aliphatic rings. The minimum atomic E-state index is -0.368. The van der Waals surface area contributed by atoms with Crippen LogP contribution in [0.25, 0.3) is 41.0 Å². The van der Waals surface area contributed by atoms with Crippen LogP contribution in [0.5, 0.6) is 0 Å². The largest absolute Gasteiger partial charge is 0.496 e. The second-order valence-electron chi connectivity index (χ2n) is 9.08. The summed E-state index contributed by atoms with van der Waals surface area (Å²) in [5.74, 6) is 0. The monoisotopic (exact) mass is 443 g/mol. The van der Waals surface area contributed by atoms with Crippen molar-refractivity contribution in [2.45, 2.75) is 38.9 Å². The highest BCUT2D eigenvalue weighted by Crippen LogP contribution is 2.42. The molecular formula is C25H22BNO2S2. The van der Waals surface area contributed by atoms with Gasteiger partial charge in [-0.1, -0.05) is 48.5 Å². The lowest BCUT2D eigenvalue weighted by Crippen LogP contribution is -2.41. The fourth-order valence-corrected chi connectivity index (χ4v) is 6.36. The van der Waals surface area contributed by atoms with E-state index in [2.05, 4.69) is 82.3 Å². The summed E-state index contributed by atoms with van der Waals surface area (Å²) < 4.78 is 16.4. The highest BCUT2D eigenvalue weighted by Gasteiger charge is 2.52. The van der Waals surface area contributed by atoms with Crippen LogP contribution in [-0.4, -0.2) is 23.3 Å². The van der Waals surface area contributed by atoms with Gasteiger partial charge in [0.1, 0.15) is 5.01 Å². The smallest absolute Gasteiger partial charge is 0.399 e. The number of benzene rings is 3. The number of aromatic nitrogens is 1. The van der Waals surface area contributed by atoms with Crippen LogP contribution in [0.15, 0.2) is 60.7 Å². The summed E-state index contributed by atoms with van der Waals surface area (Å²) in [5, 5.41) is 3.52. The first-order valence-corrected chi connectivity index (χ1v) is 12.1. The van der Waals surface area contributed by atoms with Gasteiger partial charge in [0.2, 0.25) is 0 Å². The van der Waals surface area contributed by atoms with Crippen molar-refractivity contribution in [3.8, 4) is 10.6 Å². The second-order valence-corrected chi connectivity index (χ2v) is 11.2. The van der Waals surface area contributed by atoms with E-state index >= 15 is 0 Å². The molecule has 5 aromatic rings. The number of nitrogens with zero attached hydrogens (tertiary/aromatic N) is 1. The number of hydrogen-bond donors (Lipinski definition) is 0. The van der Waals surface area contributed by atoms with Gasteiger partial charge in [0.25, 0.3) is 0 Å². The summed E-state index contributed by atoms with van der Waals surface area (Å²) >= 11 is 3.55. The Kier molecular flexibility index (Phi) is 4.16. The molecule has 3 nitrogen and oxygen atoms in total. The van der Waals surface area contributed by atoms with E-state index in [4.69, 9.17) is 14.3 Å². The molecule has 0 aliphatic carbocycles. The Morgan fingerprint density at radius 3 is 2.23 bits per heavy atom. The number of fused-ring (bicyclic) bond motifs is 5. The maximum atomic E-state index is 6.37. The van der Waals surface area contributed by atoms with Crippen molar-refractivity contribution in [2.75, 3.05) is 0 Å². The van der Waals surface area contributed by atoms with Gasteiger partial charge >= 0.3 is 7.12 Å². The van der Waals surface area contributed by atoms with Crippen LogP contribution in [0, 0.1) is 0 Å². The molecule has 0 bridgehead atoms. The molecule has 0 radical (unpaired) electrons. The number of rotatable bonds is 2. The van der Waals surface area contributed by atoms with Crippen molar-refractivity contribution in [1.82, 2.24) is 4.98 Å². The topological polar surface area (TPSA) is 31.4 Å². The minimum Gasteiger partial charge on any atom is -0.399 e. The van der Waals surface area contributed by atoms with Crippen molar-refractivity contribution < 1.29 is 9.31 Å². The first-order chi connectivity index (χ1) is 14.8. The summed E-state index contributed by atoms with van der Waals surface area (Å²) in [6.45, 7) is 8.40. The van der Waals surface area contributed by atoms with Gasteiger partial charge in [-0.05, 0) is 39.8 Å². The van der Waals surface area contributed by atoms with Crippen LogP contribution in [0.1, 0.15) is 27.7 Å². The van der Waals surface area contributed by atoms with Crippen molar-refractivity contribution in [3.05, 3.63) is 60.7 Å². The van der Waals surface area contributed by atoms with Gasteiger partial charge in [0.05, 0.1) is 21.4 Å². The highest BCUT2D eigenvalue weighted by molar-refractivity contribution is 7.27. The number of thiazole rings is 1. The standard InChI is InChI=1S/C25H22BNO2S2/c1-24(2)25(3,4)29-26(28-24)17-12-8-11-16-20-18(30-22(16)17)13-14-19-21(20)27-23(31-19)15-9-6-5-7-10-15/h5-14H,1-4H3. The Balaban J connectivity index is 1.56. The lowest BCUT2D eigenvalue weighted by Gasteiger charge is -2.32. The molecule has 0 atom stereocenters. The first kappa shape index (κ1) is 19.4. The minimum absolute atomic E-state index is 0.358. The second kappa shape index (κ2) is 6.63. The molecule has 0 unspecified atom stereocenters. The van der Waals surface area contributed by atoms with Gasteiger partial charge in [-0.3, -0.25) is 0 Å². The maximum absolute atomic E-state index is 6.37. The predicted molar refractivity (Wildman–Crippen MR) is 134 cm³/mol. The molecule has 6 heteroatoms. The normalized spacial score (nSPS) is 17.9. The summed E-state index contributed by atoms with van der Waals surface area (Å²) in [7, 11) is -0.368. The first-order valence-electron chi connectivity index (χ1n) is 10.5. The molecule has 0 amide bonds. The predicted octanol–water partition coefficient (Wildman–Crippen LogP) is 6.63. The molecule has 6 rings (SSSR count). The van der Waals surface area contributed by atoms with E-state index in [-0.39, 0.29) is 18.3 Å². The van der Waals surface area contributed by atoms with Crippen molar-refractivity contribution in [1.29, 1.82) is 0 Å². The summed E-state index contributed by atoms with van der Waals surface area (Å²) in [4.78, 5) is 5.07. The molecular weight excluding hydrogens is 421 g/mol. The average Bonchev–Trinajstić information content (AvgIpc) is 3.39. The van der Waals surface area contributed by atoms with Gasteiger partial charge in [0.15, 0.2) is 0 Å². The summed E-state index contributed by atoms with van der Waals surface area (Å²) in [6, 6.07) is 21.3. The third-order valence-corrected chi connectivity index (χ3v) is 8.87. The molecule has 3 aromatic carbocycles. The molecule has 1 aliphatic heterocycles. The van der Waals surface area contributed by atoms with Crippen LogP contribution in [0.2, 0.25) is 0 Å². The zero-order chi connectivity index (χ0) is 21.4. The zero-order valence-electron chi connectivity index (χ0n) is 17.9.